The minimum atomic E-state index is -0.563. The second-order valence-corrected chi connectivity index (χ2v) is 6.57. The summed E-state index contributed by atoms with van der Waals surface area (Å²) in [5.41, 5.74) is 0.821. The predicted molar refractivity (Wildman–Crippen MR) is 112 cm³/mol. The molecule has 0 fully saturated rings. The van der Waals surface area contributed by atoms with Gasteiger partial charge in [-0.2, -0.15) is 0 Å². The number of rotatable bonds is 5. The van der Waals surface area contributed by atoms with Crippen molar-refractivity contribution in [1.82, 2.24) is 10.6 Å². The number of amides is 2. The fraction of sp³-hybridized carbons (Fsp3) is 0.0909. The molecule has 2 amide bonds. The lowest BCUT2D eigenvalue weighted by Gasteiger charge is -2.16. The van der Waals surface area contributed by atoms with Crippen molar-refractivity contribution >= 4 is 34.4 Å². The van der Waals surface area contributed by atoms with Crippen molar-refractivity contribution in [3.05, 3.63) is 59.7 Å². The third kappa shape index (κ3) is 4.27. The highest BCUT2D eigenvalue weighted by Crippen LogP contribution is 2.46. The number of phenolic OH excluding ortho intramolecular Hbond substituents is 4. The lowest BCUT2D eigenvalue weighted by Crippen LogP contribution is -2.35. The fourth-order valence-electron chi connectivity index (χ4n) is 2.99. The van der Waals surface area contributed by atoms with Crippen LogP contribution < -0.4 is 10.6 Å². The smallest absolute Gasteiger partial charge is 0.243 e. The molecular formula is C22H20N2O6. The Bertz CT molecular complexity index is 1160. The molecule has 0 aliphatic heterocycles. The van der Waals surface area contributed by atoms with Crippen molar-refractivity contribution in [2.45, 2.75) is 6.92 Å². The fourth-order valence-corrected chi connectivity index (χ4v) is 2.99. The van der Waals surface area contributed by atoms with E-state index in [-0.39, 0.29) is 46.0 Å². The Balaban J connectivity index is 2.16. The van der Waals surface area contributed by atoms with Crippen molar-refractivity contribution in [3.8, 4) is 23.0 Å². The number of fused-ring (bicyclic) bond motifs is 1. The molecule has 0 saturated heterocycles. The second kappa shape index (κ2) is 8.44. The van der Waals surface area contributed by atoms with Crippen molar-refractivity contribution in [1.29, 1.82) is 0 Å². The molecule has 0 spiro atoms. The summed E-state index contributed by atoms with van der Waals surface area (Å²) in [4.78, 5) is 23.4. The van der Waals surface area contributed by atoms with E-state index >= 15 is 0 Å². The number of carbonyl (C=O) groups is 2. The number of carbonyl (C=O) groups excluding carboxylic acids is 2. The Morgan fingerprint density at radius 2 is 1.53 bits per heavy atom. The van der Waals surface area contributed by atoms with Crippen molar-refractivity contribution in [2.24, 2.45) is 0 Å². The van der Waals surface area contributed by atoms with Crippen LogP contribution in [0.1, 0.15) is 18.1 Å². The Labute approximate surface area is 171 Å². The maximum absolute atomic E-state index is 12.3. The van der Waals surface area contributed by atoms with Gasteiger partial charge < -0.3 is 31.1 Å². The van der Waals surface area contributed by atoms with E-state index in [9.17, 15) is 30.0 Å². The van der Waals surface area contributed by atoms with Gasteiger partial charge in [0.05, 0.1) is 23.0 Å². The minimum Gasteiger partial charge on any atom is -0.507 e. The molecule has 3 rings (SSSR count). The Hall–Kier alpha value is -4.20. The van der Waals surface area contributed by atoms with Crippen LogP contribution in [0.3, 0.4) is 0 Å². The minimum absolute atomic E-state index is 0.0147. The van der Waals surface area contributed by atoms with E-state index in [0.717, 1.165) is 0 Å². The van der Waals surface area contributed by atoms with Crippen LogP contribution >= 0.6 is 0 Å². The first kappa shape index (κ1) is 20.5. The summed E-state index contributed by atoms with van der Waals surface area (Å²) >= 11 is 0. The zero-order chi connectivity index (χ0) is 21.8. The van der Waals surface area contributed by atoms with E-state index in [1.807, 2.05) is 6.07 Å². The lowest BCUT2D eigenvalue weighted by atomic mass is 9.99. The quantitative estimate of drug-likeness (QED) is 0.283. The van der Waals surface area contributed by atoms with Gasteiger partial charge in [-0.25, -0.2) is 0 Å². The molecule has 154 valence electrons. The summed E-state index contributed by atoms with van der Waals surface area (Å²) in [5, 5.41) is 46.1. The first-order valence-electron chi connectivity index (χ1n) is 8.99. The second-order valence-electron chi connectivity index (χ2n) is 6.57. The Morgan fingerprint density at radius 1 is 0.900 bits per heavy atom. The SMILES string of the molecule is CC(=O)NCC(=O)NC(=Cc1ccccc1)c1cc(O)c2c(O)ccc(O)c2c1O. The van der Waals surface area contributed by atoms with Gasteiger partial charge in [0.25, 0.3) is 0 Å². The van der Waals surface area contributed by atoms with Gasteiger partial charge in [-0.3, -0.25) is 9.59 Å². The van der Waals surface area contributed by atoms with Crippen LogP contribution in [-0.4, -0.2) is 38.8 Å². The summed E-state index contributed by atoms with van der Waals surface area (Å²) in [6.07, 6.45) is 1.56. The number of aromatic hydroxyl groups is 4. The van der Waals surface area contributed by atoms with Crippen LogP contribution in [0, 0.1) is 0 Å². The number of phenols is 4. The number of hydrogen-bond donors (Lipinski definition) is 6. The molecule has 0 aromatic heterocycles. The van der Waals surface area contributed by atoms with Gasteiger partial charge in [-0.15, -0.1) is 0 Å². The highest BCUT2D eigenvalue weighted by molar-refractivity contribution is 6.06. The molecule has 0 aliphatic rings. The third-order valence-corrected chi connectivity index (χ3v) is 4.36. The van der Waals surface area contributed by atoms with Crippen molar-refractivity contribution < 1.29 is 30.0 Å². The number of nitrogens with one attached hydrogen (secondary N) is 2. The van der Waals surface area contributed by atoms with Crippen molar-refractivity contribution in [2.75, 3.05) is 6.54 Å². The molecule has 0 bridgehead atoms. The molecule has 0 aliphatic carbocycles. The van der Waals surface area contributed by atoms with Crippen LogP contribution in [0.25, 0.3) is 22.5 Å². The molecule has 0 saturated carbocycles. The molecule has 30 heavy (non-hydrogen) atoms. The molecule has 0 heterocycles. The molecule has 8 heteroatoms. The Morgan fingerprint density at radius 3 is 2.17 bits per heavy atom. The molecule has 6 N–H and O–H groups in total. The average molecular weight is 408 g/mol. The van der Waals surface area contributed by atoms with Gasteiger partial charge in [0.2, 0.25) is 11.8 Å². The van der Waals surface area contributed by atoms with Crippen LogP contribution in [0.2, 0.25) is 0 Å². The Kier molecular flexibility index (Phi) is 5.78. The average Bonchev–Trinajstić information content (AvgIpc) is 2.71. The van der Waals surface area contributed by atoms with Gasteiger partial charge in [0, 0.05) is 12.5 Å². The van der Waals surface area contributed by atoms with Crippen LogP contribution in [0.4, 0.5) is 0 Å². The van der Waals surface area contributed by atoms with Gasteiger partial charge >= 0.3 is 0 Å². The standard InChI is InChI=1S/C22H20N2O6/c1-12(25)23-11-19(29)24-15(9-13-5-3-2-4-6-13)14-10-18(28)20-16(26)7-8-17(27)21(20)22(14)30/h2-10,26-28,30H,11H2,1H3,(H,23,25)(H,24,29). The molecule has 8 nitrogen and oxygen atoms in total. The summed E-state index contributed by atoms with van der Waals surface area (Å²) in [6, 6.07) is 12.4. The largest absolute Gasteiger partial charge is 0.507 e. The highest BCUT2D eigenvalue weighted by Gasteiger charge is 2.21. The number of hydrogen-bond acceptors (Lipinski definition) is 6. The topological polar surface area (TPSA) is 139 Å². The van der Waals surface area contributed by atoms with E-state index in [0.29, 0.717) is 5.56 Å². The third-order valence-electron chi connectivity index (χ3n) is 4.36. The van der Waals surface area contributed by atoms with E-state index < -0.39 is 17.4 Å². The first-order chi connectivity index (χ1) is 14.3. The first-order valence-corrected chi connectivity index (χ1v) is 8.99. The maximum Gasteiger partial charge on any atom is 0.243 e. The van der Waals surface area contributed by atoms with E-state index in [1.54, 1.807) is 30.3 Å². The van der Waals surface area contributed by atoms with Crippen LogP contribution in [0.5, 0.6) is 23.0 Å². The lowest BCUT2D eigenvalue weighted by molar-refractivity contribution is -0.124. The maximum atomic E-state index is 12.3. The summed E-state index contributed by atoms with van der Waals surface area (Å²) in [5.74, 6) is -2.48. The van der Waals surface area contributed by atoms with Crippen molar-refractivity contribution in [3.63, 3.8) is 0 Å². The molecule has 0 radical (unpaired) electrons. The molecule has 0 unspecified atom stereocenters. The zero-order valence-electron chi connectivity index (χ0n) is 16.0. The monoisotopic (exact) mass is 408 g/mol. The zero-order valence-corrected chi connectivity index (χ0v) is 16.0. The van der Waals surface area contributed by atoms with E-state index in [1.165, 1.54) is 25.1 Å². The van der Waals surface area contributed by atoms with Gasteiger partial charge in [-0.1, -0.05) is 30.3 Å². The normalized spacial score (nSPS) is 11.3. The number of benzene rings is 3. The van der Waals surface area contributed by atoms with Gasteiger partial charge in [0.15, 0.2) is 0 Å². The molecule has 3 aromatic carbocycles. The highest BCUT2D eigenvalue weighted by atomic mass is 16.3. The molecule has 0 atom stereocenters. The van der Waals surface area contributed by atoms with E-state index in [2.05, 4.69) is 10.6 Å². The van der Waals surface area contributed by atoms with Crippen LogP contribution in [0.15, 0.2) is 48.5 Å². The van der Waals surface area contributed by atoms with Crippen LogP contribution in [-0.2, 0) is 9.59 Å². The molecular weight excluding hydrogens is 388 g/mol. The molecule has 3 aromatic rings. The van der Waals surface area contributed by atoms with Gasteiger partial charge in [-0.05, 0) is 29.8 Å². The van der Waals surface area contributed by atoms with E-state index in [4.69, 9.17) is 0 Å². The predicted octanol–water partition coefficient (Wildman–Crippen LogP) is 2.41. The summed E-state index contributed by atoms with van der Waals surface area (Å²) < 4.78 is 0. The van der Waals surface area contributed by atoms with Gasteiger partial charge in [0.1, 0.15) is 23.0 Å². The summed E-state index contributed by atoms with van der Waals surface area (Å²) in [6.45, 7) is 0.976. The summed E-state index contributed by atoms with van der Waals surface area (Å²) in [7, 11) is 0.